The topological polar surface area (TPSA) is 84.9 Å². The van der Waals surface area contributed by atoms with Crippen molar-refractivity contribution in [2.45, 2.75) is 33.0 Å². The maximum Gasteiger partial charge on any atom is 0.338 e. The molecule has 7 heteroatoms. The summed E-state index contributed by atoms with van der Waals surface area (Å²) >= 11 is 0. The Morgan fingerprint density at radius 2 is 1.55 bits per heavy atom. The van der Waals surface area contributed by atoms with Crippen LogP contribution in [-0.4, -0.2) is 29.4 Å². The molecule has 2 aromatic heterocycles. The minimum atomic E-state index is -0.388. The third kappa shape index (κ3) is 6.36. The fourth-order valence-electron chi connectivity index (χ4n) is 2.79. The van der Waals surface area contributed by atoms with Crippen molar-refractivity contribution >= 4 is 17.6 Å². The van der Waals surface area contributed by atoms with E-state index >= 15 is 0 Å². The second-order valence-electron chi connectivity index (χ2n) is 6.88. The number of rotatable bonds is 9. The van der Waals surface area contributed by atoms with Crippen LogP contribution >= 0.6 is 0 Å². The van der Waals surface area contributed by atoms with Crippen LogP contribution in [0.3, 0.4) is 0 Å². The molecule has 7 nitrogen and oxygen atoms in total. The smallest absolute Gasteiger partial charge is 0.338 e. The molecule has 0 unspecified atom stereocenters. The molecule has 0 spiro atoms. The predicted molar refractivity (Wildman–Crippen MR) is 107 cm³/mol. The fourth-order valence-corrected chi connectivity index (χ4v) is 2.79. The number of esters is 1. The van der Waals surface area contributed by atoms with E-state index < -0.39 is 0 Å². The SMILES string of the molecule is CC(C)OC(=O)c1ccc(NC(=O)CN(Cc2ccco2)Cc2ccco2)cc1. The van der Waals surface area contributed by atoms with E-state index in [1.165, 1.54) is 0 Å². The van der Waals surface area contributed by atoms with Crippen LogP contribution < -0.4 is 5.32 Å². The second-order valence-corrected chi connectivity index (χ2v) is 6.88. The monoisotopic (exact) mass is 396 g/mol. The van der Waals surface area contributed by atoms with Gasteiger partial charge in [-0.15, -0.1) is 0 Å². The Hall–Kier alpha value is -3.32. The summed E-state index contributed by atoms with van der Waals surface area (Å²) in [7, 11) is 0. The standard InChI is InChI=1S/C22H24N2O5/c1-16(2)29-22(26)17-7-9-18(10-8-17)23-21(25)15-24(13-19-5-3-11-27-19)14-20-6-4-12-28-20/h3-12,16H,13-15H2,1-2H3,(H,23,25). The zero-order chi connectivity index (χ0) is 20.6. The molecule has 0 bridgehead atoms. The fraction of sp³-hybridized carbons (Fsp3) is 0.273. The number of hydrogen-bond donors (Lipinski definition) is 1. The van der Waals surface area contributed by atoms with E-state index in [2.05, 4.69) is 5.32 Å². The molecule has 0 aliphatic rings. The Morgan fingerprint density at radius 1 is 0.966 bits per heavy atom. The van der Waals surface area contributed by atoms with Crippen LogP contribution in [-0.2, 0) is 22.6 Å². The summed E-state index contributed by atoms with van der Waals surface area (Å²) in [5.41, 5.74) is 1.04. The molecule has 0 saturated carbocycles. The first-order valence-electron chi connectivity index (χ1n) is 9.37. The second kappa shape index (κ2) is 9.75. The molecule has 3 rings (SSSR count). The average Bonchev–Trinajstić information content (AvgIpc) is 3.36. The molecule has 29 heavy (non-hydrogen) atoms. The molecule has 0 radical (unpaired) electrons. The van der Waals surface area contributed by atoms with Gasteiger partial charge >= 0.3 is 5.97 Å². The highest BCUT2D eigenvalue weighted by atomic mass is 16.5. The summed E-state index contributed by atoms with van der Waals surface area (Å²) in [5, 5.41) is 2.84. The first kappa shape index (κ1) is 20.4. The van der Waals surface area contributed by atoms with Crippen molar-refractivity contribution in [1.29, 1.82) is 0 Å². The van der Waals surface area contributed by atoms with Crippen LogP contribution in [0.4, 0.5) is 5.69 Å². The number of anilines is 1. The minimum absolute atomic E-state index is 0.151. The number of amides is 1. The molecule has 1 amide bonds. The van der Waals surface area contributed by atoms with Crippen molar-refractivity contribution < 1.29 is 23.2 Å². The minimum Gasteiger partial charge on any atom is -0.468 e. The molecule has 3 aromatic rings. The Labute approximate surface area is 169 Å². The van der Waals surface area contributed by atoms with Crippen molar-refractivity contribution in [3.63, 3.8) is 0 Å². The quantitative estimate of drug-likeness (QED) is 0.549. The summed E-state index contributed by atoms with van der Waals surface area (Å²) < 4.78 is 16.0. The summed E-state index contributed by atoms with van der Waals surface area (Å²) in [5.74, 6) is 0.955. The molecule has 0 atom stereocenters. The number of hydrogen-bond acceptors (Lipinski definition) is 6. The average molecular weight is 396 g/mol. The zero-order valence-electron chi connectivity index (χ0n) is 16.5. The third-order valence-corrected chi connectivity index (χ3v) is 4.03. The highest BCUT2D eigenvalue weighted by molar-refractivity contribution is 5.94. The Kier molecular flexibility index (Phi) is 6.86. The number of carbonyl (C=O) groups is 2. The molecule has 1 N–H and O–H groups in total. The molecule has 0 fully saturated rings. The molecule has 1 aromatic carbocycles. The highest BCUT2D eigenvalue weighted by Gasteiger charge is 2.15. The van der Waals surface area contributed by atoms with Gasteiger partial charge in [-0.2, -0.15) is 0 Å². The van der Waals surface area contributed by atoms with Crippen molar-refractivity contribution in [3.8, 4) is 0 Å². The van der Waals surface area contributed by atoms with Gasteiger partial charge in [0.1, 0.15) is 11.5 Å². The molecule has 2 heterocycles. The third-order valence-electron chi connectivity index (χ3n) is 4.03. The van der Waals surface area contributed by atoms with Gasteiger partial charge in [0.25, 0.3) is 0 Å². The zero-order valence-corrected chi connectivity index (χ0v) is 16.5. The number of nitrogens with zero attached hydrogens (tertiary/aromatic N) is 1. The van der Waals surface area contributed by atoms with Gasteiger partial charge in [-0.1, -0.05) is 0 Å². The summed E-state index contributed by atoms with van der Waals surface area (Å²) in [6, 6.07) is 14.0. The number of nitrogens with one attached hydrogen (secondary N) is 1. The Balaban J connectivity index is 1.59. The van der Waals surface area contributed by atoms with Crippen molar-refractivity contribution in [2.75, 3.05) is 11.9 Å². The van der Waals surface area contributed by atoms with Crippen LogP contribution in [0.25, 0.3) is 0 Å². The summed E-state index contributed by atoms with van der Waals surface area (Å²) in [6.07, 6.45) is 3.02. The lowest BCUT2D eigenvalue weighted by atomic mass is 10.2. The van der Waals surface area contributed by atoms with Gasteiger partial charge in [0.05, 0.1) is 43.8 Å². The maximum atomic E-state index is 12.5. The van der Waals surface area contributed by atoms with Crippen LogP contribution in [0.1, 0.15) is 35.7 Å². The van der Waals surface area contributed by atoms with Gasteiger partial charge in [0.2, 0.25) is 5.91 Å². The number of benzene rings is 1. The number of ether oxygens (including phenoxy) is 1. The van der Waals surface area contributed by atoms with Crippen molar-refractivity contribution in [1.82, 2.24) is 4.90 Å². The van der Waals surface area contributed by atoms with Crippen molar-refractivity contribution in [2.24, 2.45) is 0 Å². The van der Waals surface area contributed by atoms with Crippen LogP contribution in [0.5, 0.6) is 0 Å². The van der Waals surface area contributed by atoms with Crippen molar-refractivity contribution in [3.05, 3.63) is 78.1 Å². The van der Waals surface area contributed by atoms with E-state index in [1.807, 2.05) is 29.2 Å². The highest BCUT2D eigenvalue weighted by Crippen LogP contribution is 2.14. The lowest BCUT2D eigenvalue weighted by Gasteiger charge is -2.19. The molecule has 0 aliphatic heterocycles. The molecule has 152 valence electrons. The largest absolute Gasteiger partial charge is 0.468 e. The van der Waals surface area contributed by atoms with Gasteiger partial charge in [-0.05, 0) is 62.4 Å². The maximum absolute atomic E-state index is 12.5. The van der Waals surface area contributed by atoms with E-state index in [0.717, 1.165) is 11.5 Å². The van der Waals surface area contributed by atoms with E-state index in [0.29, 0.717) is 24.3 Å². The molecular formula is C22H24N2O5. The normalized spacial score (nSPS) is 11.0. The molecular weight excluding hydrogens is 372 g/mol. The van der Waals surface area contributed by atoms with Gasteiger partial charge < -0.3 is 18.9 Å². The van der Waals surface area contributed by atoms with Gasteiger partial charge in [0, 0.05) is 5.69 Å². The van der Waals surface area contributed by atoms with Gasteiger partial charge in [0.15, 0.2) is 0 Å². The predicted octanol–water partition coefficient (Wildman–Crippen LogP) is 4.08. The van der Waals surface area contributed by atoms with E-state index in [9.17, 15) is 9.59 Å². The van der Waals surface area contributed by atoms with Crippen LogP contribution in [0.2, 0.25) is 0 Å². The van der Waals surface area contributed by atoms with E-state index in [-0.39, 0.29) is 24.5 Å². The summed E-state index contributed by atoms with van der Waals surface area (Å²) in [6.45, 7) is 4.69. The van der Waals surface area contributed by atoms with Crippen LogP contribution in [0.15, 0.2) is 69.9 Å². The number of carbonyl (C=O) groups excluding carboxylic acids is 2. The lowest BCUT2D eigenvalue weighted by molar-refractivity contribution is -0.117. The first-order chi connectivity index (χ1) is 14.0. The van der Waals surface area contributed by atoms with E-state index in [1.54, 1.807) is 50.6 Å². The lowest BCUT2D eigenvalue weighted by Crippen LogP contribution is -2.32. The Morgan fingerprint density at radius 3 is 2.03 bits per heavy atom. The first-order valence-corrected chi connectivity index (χ1v) is 9.37. The van der Waals surface area contributed by atoms with Gasteiger partial charge in [-0.25, -0.2) is 4.79 Å². The van der Waals surface area contributed by atoms with Crippen LogP contribution in [0, 0.1) is 0 Å². The van der Waals surface area contributed by atoms with E-state index in [4.69, 9.17) is 13.6 Å². The molecule has 0 aliphatic carbocycles. The molecule has 0 saturated heterocycles. The number of furan rings is 2. The summed E-state index contributed by atoms with van der Waals surface area (Å²) in [4.78, 5) is 26.4. The van der Waals surface area contributed by atoms with Gasteiger partial charge in [-0.3, -0.25) is 9.69 Å². The Bertz CT molecular complexity index is 863.